The third kappa shape index (κ3) is 2.84. The van der Waals surface area contributed by atoms with Crippen molar-refractivity contribution in [2.45, 2.75) is 4.90 Å². The third-order valence-electron chi connectivity index (χ3n) is 1.82. The molecular weight excluding hydrogens is 240 g/mol. The Labute approximate surface area is 93.4 Å². The number of hydrogen-bond acceptors (Lipinski definition) is 4. The minimum atomic E-state index is -3.54. The molecule has 4 nitrogen and oxygen atoms in total. The summed E-state index contributed by atoms with van der Waals surface area (Å²) in [6.07, 6.45) is 0. The van der Waals surface area contributed by atoms with Crippen LogP contribution >= 0.6 is 11.6 Å². The van der Waals surface area contributed by atoms with Crippen LogP contribution in [0, 0.1) is 0 Å². The van der Waals surface area contributed by atoms with E-state index in [0.29, 0.717) is 5.02 Å². The van der Waals surface area contributed by atoms with Gasteiger partial charge in [-0.15, -0.1) is 0 Å². The third-order valence-corrected chi connectivity index (χ3v) is 3.77. The van der Waals surface area contributed by atoms with E-state index < -0.39 is 16.4 Å². The second kappa shape index (κ2) is 4.83. The first-order chi connectivity index (χ1) is 7.01. The molecule has 0 unspecified atom stereocenters. The zero-order chi connectivity index (χ0) is 11.5. The SMILES string of the molecule is COc1ccc(Cl)cc1S(=O)(=O)CCO. The van der Waals surface area contributed by atoms with Gasteiger partial charge in [0, 0.05) is 5.02 Å². The molecule has 84 valence electrons. The Hall–Kier alpha value is -0.780. The highest BCUT2D eigenvalue weighted by Gasteiger charge is 2.19. The predicted octanol–water partition coefficient (Wildman–Crippen LogP) is 1.11. The van der Waals surface area contributed by atoms with Crippen LogP contribution in [-0.2, 0) is 9.84 Å². The van der Waals surface area contributed by atoms with Crippen LogP contribution in [0.3, 0.4) is 0 Å². The molecular formula is C9H11ClO4S. The number of benzene rings is 1. The molecule has 6 heteroatoms. The van der Waals surface area contributed by atoms with Gasteiger partial charge in [-0.05, 0) is 18.2 Å². The number of rotatable bonds is 4. The van der Waals surface area contributed by atoms with Crippen LogP contribution in [0.2, 0.25) is 5.02 Å². The Kier molecular flexibility index (Phi) is 3.96. The van der Waals surface area contributed by atoms with E-state index in [1.807, 2.05) is 0 Å². The number of sulfone groups is 1. The molecule has 1 N–H and O–H groups in total. The van der Waals surface area contributed by atoms with Crippen molar-refractivity contribution in [3.63, 3.8) is 0 Å². The zero-order valence-electron chi connectivity index (χ0n) is 8.10. The minimum absolute atomic E-state index is 0.00606. The van der Waals surface area contributed by atoms with Crippen molar-refractivity contribution >= 4 is 21.4 Å². The summed E-state index contributed by atoms with van der Waals surface area (Å²) in [6, 6.07) is 4.33. The Morgan fingerprint density at radius 3 is 2.67 bits per heavy atom. The number of hydrogen-bond donors (Lipinski definition) is 1. The maximum atomic E-state index is 11.7. The molecule has 0 bridgehead atoms. The van der Waals surface area contributed by atoms with Gasteiger partial charge in [0.25, 0.3) is 0 Å². The van der Waals surface area contributed by atoms with Gasteiger partial charge < -0.3 is 9.84 Å². The number of aliphatic hydroxyl groups is 1. The average molecular weight is 251 g/mol. The summed E-state index contributed by atoms with van der Waals surface area (Å²) in [4.78, 5) is 0.00606. The second-order valence-corrected chi connectivity index (χ2v) is 5.35. The molecule has 1 aromatic carbocycles. The van der Waals surface area contributed by atoms with Gasteiger partial charge in [-0.25, -0.2) is 8.42 Å². The predicted molar refractivity (Wildman–Crippen MR) is 57.1 cm³/mol. The van der Waals surface area contributed by atoms with Crippen molar-refractivity contribution in [1.29, 1.82) is 0 Å². The molecule has 0 heterocycles. The highest BCUT2D eigenvalue weighted by atomic mass is 35.5. The highest BCUT2D eigenvalue weighted by Crippen LogP contribution is 2.27. The maximum absolute atomic E-state index is 11.7. The van der Waals surface area contributed by atoms with Crippen LogP contribution in [0.1, 0.15) is 0 Å². The lowest BCUT2D eigenvalue weighted by atomic mass is 10.3. The van der Waals surface area contributed by atoms with E-state index in [0.717, 1.165) is 0 Å². The monoisotopic (exact) mass is 250 g/mol. The van der Waals surface area contributed by atoms with Crippen molar-refractivity contribution in [3.8, 4) is 5.75 Å². The smallest absolute Gasteiger partial charge is 0.184 e. The quantitative estimate of drug-likeness (QED) is 0.870. The van der Waals surface area contributed by atoms with E-state index in [4.69, 9.17) is 21.4 Å². The van der Waals surface area contributed by atoms with Gasteiger partial charge in [0.2, 0.25) is 0 Å². The largest absolute Gasteiger partial charge is 0.495 e. The first kappa shape index (κ1) is 12.3. The first-order valence-electron chi connectivity index (χ1n) is 4.18. The van der Waals surface area contributed by atoms with E-state index in [1.165, 1.54) is 19.2 Å². The molecule has 0 atom stereocenters. The summed E-state index contributed by atoms with van der Waals surface area (Å²) in [5.74, 6) is -0.114. The molecule has 15 heavy (non-hydrogen) atoms. The van der Waals surface area contributed by atoms with E-state index in [9.17, 15) is 8.42 Å². The zero-order valence-corrected chi connectivity index (χ0v) is 9.68. The lowest BCUT2D eigenvalue weighted by molar-refractivity contribution is 0.319. The molecule has 0 radical (unpaired) electrons. The van der Waals surface area contributed by atoms with Crippen molar-refractivity contribution < 1.29 is 18.3 Å². The Balaban J connectivity index is 3.28. The summed E-state index contributed by atoms with van der Waals surface area (Å²) in [5, 5.41) is 8.96. The van der Waals surface area contributed by atoms with Crippen LogP contribution in [0.25, 0.3) is 0 Å². The van der Waals surface area contributed by atoms with Crippen LogP contribution in [0.4, 0.5) is 0 Å². The van der Waals surface area contributed by atoms with E-state index in [2.05, 4.69) is 0 Å². The Bertz CT molecular complexity index is 441. The molecule has 0 amide bonds. The summed E-state index contributed by atoms with van der Waals surface area (Å²) < 4.78 is 28.2. The molecule has 0 aromatic heterocycles. The molecule has 0 aliphatic heterocycles. The fraction of sp³-hybridized carbons (Fsp3) is 0.333. The van der Waals surface area contributed by atoms with Crippen molar-refractivity contribution in [1.82, 2.24) is 0 Å². The molecule has 0 aliphatic carbocycles. The highest BCUT2D eigenvalue weighted by molar-refractivity contribution is 7.91. The Morgan fingerprint density at radius 2 is 2.13 bits per heavy atom. The van der Waals surface area contributed by atoms with E-state index in [1.54, 1.807) is 6.07 Å². The van der Waals surface area contributed by atoms with Gasteiger partial charge >= 0.3 is 0 Å². The van der Waals surface area contributed by atoms with Crippen LogP contribution in [0.15, 0.2) is 23.1 Å². The van der Waals surface area contributed by atoms with Gasteiger partial charge in [0.1, 0.15) is 10.6 Å². The fourth-order valence-electron chi connectivity index (χ4n) is 1.12. The number of aliphatic hydroxyl groups excluding tert-OH is 1. The summed E-state index contributed by atoms with van der Waals surface area (Å²) in [7, 11) is -2.16. The normalized spacial score (nSPS) is 11.4. The number of methoxy groups -OCH3 is 1. The van der Waals surface area contributed by atoms with Crippen molar-refractivity contribution in [2.24, 2.45) is 0 Å². The Morgan fingerprint density at radius 1 is 1.47 bits per heavy atom. The van der Waals surface area contributed by atoms with Gasteiger partial charge in [-0.2, -0.15) is 0 Å². The molecule has 0 spiro atoms. The molecule has 0 fully saturated rings. The van der Waals surface area contributed by atoms with Gasteiger partial charge in [0.05, 0.1) is 19.5 Å². The van der Waals surface area contributed by atoms with E-state index >= 15 is 0 Å². The van der Waals surface area contributed by atoms with Gasteiger partial charge in [-0.1, -0.05) is 11.6 Å². The molecule has 0 saturated carbocycles. The molecule has 0 saturated heterocycles. The van der Waals surface area contributed by atoms with E-state index in [-0.39, 0.29) is 16.4 Å². The van der Waals surface area contributed by atoms with Crippen LogP contribution in [0.5, 0.6) is 5.75 Å². The molecule has 0 aliphatic rings. The first-order valence-corrected chi connectivity index (χ1v) is 6.21. The average Bonchev–Trinajstić information content (AvgIpc) is 2.17. The molecule has 1 rings (SSSR count). The minimum Gasteiger partial charge on any atom is -0.495 e. The summed E-state index contributed by atoms with van der Waals surface area (Å²) in [5.41, 5.74) is 0. The van der Waals surface area contributed by atoms with Gasteiger partial charge in [0.15, 0.2) is 9.84 Å². The fourth-order valence-corrected chi connectivity index (χ4v) is 2.59. The lowest BCUT2D eigenvalue weighted by Crippen LogP contribution is -2.11. The van der Waals surface area contributed by atoms with Crippen molar-refractivity contribution in [3.05, 3.63) is 23.2 Å². The summed E-state index contributed by atoms with van der Waals surface area (Å²) >= 11 is 5.70. The van der Waals surface area contributed by atoms with Crippen LogP contribution in [-0.4, -0.2) is 33.0 Å². The summed E-state index contributed by atoms with van der Waals surface area (Å²) in [6.45, 7) is -0.433. The van der Waals surface area contributed by atoms with Crippen LogP contribution < -0.4 is 4.74 Å². The molecule has 1 aromatic rings. The number of ether oxygens (including phenoxy) is 1. The maximum Gasteiger partial charge on any atom is 0.184 e. The topological polar surface area (TPSA) is 63.6 Å². The van der Waals surface area contributed by atoms with Gasteiger partial charge in [-0.3, -0.25) is 0 Å². The second-order valence-electron chi connectivity index (χ2n) is 2.84. The number of halogens is 1. The van der Waals surface area contributed by atoms with Crippen molar-refractivity contribution in [2.75, 3.05) is 19.5 Å². The standard InChI is InChI=1S/C9H11ClO4S/c1-14-8-3-2-7(10)6-9(8)15(12,13)5-4-11/h2-3,6,11H,4-5H2,1H3. The lowest BCUT2D eigenvalue weighted by Gasteiger charge is -2.08.